The predicted molar refractivity (Wildman–Crippen MR) is 83.8 cm³/mol. The number of rotatable bonds is 6. The van der Waals surface area contributed by atoms with E-state index in [-0.39, 0.29) is 18.4 Å². The van der Waals surface area contributed by atoms with Crippen LogP contribution < -0.4 is 10.6 Å². The summed E-state index contributed by atoms with van der Waals surface area (Å²) in [5, 5.41) is 5.99. The average molecular weight is 305 g/mol. The van der Waals surface area contributed by atoms with Crippen molar-refractivity contribution < 1.29 is 14.3 Å². The van der Waals surface area contributed by atoms with Crippen molar-refractivity contribution in [3.05, 3.63) is 35.4 Å². The number of benzene rings is 1. The van der Waals surface area contributed by atoms with Crippen LogP contribution in [0.4, 0.5) is 0 Å². The molecule has 1 saturated heterocycles. The molecular formula is C16H23N3O3. The normalized spacial score (nSPS) is 14.7. The van der Waals surface area contributed by atoms with Gasteiger partial charge in [0.25, 0.3) is 5.91 Å². The Labute approximate surface area is 130 Å². The van der Waals surface area contributed by atoms with Crippen LogP contribution in [0.2, 0.25) is 0 Å². The van der Waals surface area contributed by atoms with E-state index in [0.717, 1.165) is 31.7 Å². The molecule has 0 unspecified atom stereocenters. The molecule has 2 amide bonds. The molecule has 2 N–H and O–H groups in total. The number of aryl methyl sites for hydroxylation is 1. The number of carbonyl (C=O) groups excluding carboxylic acids is 2. The Morgan fingerprint density at radius 2 is 2.00 bits per heavy atom. The van der Waals surface area contributed by atoms with E-state index in [2.05, 4.69) is 10.6 Å². The Bertz CT molecular complexity index is 513. The highest BCUT2D eigenvalue weighted by molar-refractivity contribution is 5.95. The number of carbonyl (C=O) groups is 2. The molecule has 0 aromatic heterocycles. The number of piperazine rings is 1. The van der Waals surface area contributed by atoms with E-state index in [1.165, 1.54) is 0 Å². The number of hydrogen-bond acceptors (Lipinski definition) is 4. The zero-order chi connectivity index (χ0) is 15.8. The number of nitrogens with zero attached hydrogens (tertiary/aromatic N) is 1. The van der Waals surface area contributed by atoms with Gasteiger partial charge in [0.15, 0.2) is 0 Å². The highest BCUT2D eigenvalue weighted by Gasteiger charge is 2.15. The summed E-state index contributed by atoms with van der Waals surface area (Å²) in [6.07, 6.45) is 0. The van der Waals surface area contributed by atoms with Crippen LogP contribution in [0.5, 0.6) is 0 Å². The Hall–Kier alpha value is -1.92. The van der Waals surface area contributed by atoms with Crippen LogP contribution in [0.3, 0.4) is 0 Å². The Morgan fingerprint density at radius 3 is 2.73 bits per heavy atom. The highest BCUT2D eigenvalue weighted by atomic mass is 16.5. The summed E-state index contributed by atoms with van der Waals surface area (Å²) >= 11 is 0. The summed E-state index contributed by atoms with van der Waals surface area (Å²) in [6.45, 7) is 5.81. The molecule has 1 aromatic rings. The third-order valence-corrected chi connectivity index (χ3v) is 3.62. The van der Waals surface area contributed by atoms with Crippen molar-refractivity contribution in [3.8, 4) is 0 Å². The zero-order valence-corrected chi connectivity index (χ0v) is 12.9. The molecule has 0 saturated carbocycles. The Morgan fingerprint density at radius 1 is 1.27 bits per heavy atom. The second kappa shape index (κ2) is 8.51. The van der Waals surface area contributed by atoms with Crippen molar-refractivity contribution in [2.24, 2.45) is 0 Å². The second-order valence-corrected chi connectivity index (χ2v) is 5.25. The molecule has 0 radical (unpaired) electrons. The molecule has 0 atom stereocenters. The molecule has 1 aromatic carbocycles. The van der Waals surface area contributed by atoms with Gasteiger partial charge in [0.2, 0.25) is 5.91 Å². The van der Waals surface area contributed by atoms with E-state index in [1.54, 1.807) is 11.0 Å². The quantitative estimate of drug-likeness (QED) is 0.735. The SMILES string of the molecule is Cc1ccccc1C(=O)NCCOCC(=O)N1CCNCC1. The summed E-state index contributed by atoms with van der Waals surface area (Å²) in [7, 11) is 0. The molecule has 6 heteroatoms. The van der Waals surface area contributed by atoms with Crippen molar-refractivity contribution in [1.82, 2.24) is 15.5 Å². The molecule has 6 nitrogen and oxygen atoms in total. The summed E-state index contributed by atoms with van der Waals surface area (Å²) in [4.78, 5) is 25.6. The van der Waals surface area contributed by atoms with Gasteiger partial charge in [-0.3, -0.25) is 9.59 Å². The molecule has 2 rings (SSSR count). The fraction of sp³-hybridized carbons (Fsp3) is 0.500. The van der Waals surface area contributed by atoms with E-state index >= 15 is 0 Å². The minimum absolute atomic E-state index is 0.00623. The highest BCUT2D eigenvalue weighted by Crippen LogP contribution is 2.06. The van der Waals surface area contributed by atoms with Crippen LogP contribution in [0.15, 0.2) is 24.3 Å². The average Bonchev–Trinajstić information content (AvgIpc) is 2.55. The molecule has 1 aliphatic rings. The lowest BCUT2D eigenvalue weighted by Gasteiger charge is -2.27. The Balaban J connectivity index is 1.62. The number of amides is 2. The van der Waals surface area contributed by atoms with Crippen LogP contribution >= 0.6 is 0 Å². The minimum atomic E-state index is -0.116. The molecule has 120 valence electrons. The van der Waals surface area contributed by atoms with Gasteiger partial charge in [-0.2, -0.15) is 0 Å². The second-order valence-electron chi connectivity index (χ2n) is 5.25. The van der Waals surface area contributed by atoms with Gasteiger partial charge in [0.1, 0.15) is 6.61 Å². The Kier molecular flexibility index (Phi) is 6.36. The molecule has 1 aliphatic heterocycles. The van der Waals surface area contributed by atoms with E-state index in [0.29, 0.717) is 18.7 Å². The summed E-state index contributed by atoms with van der Waals surface area (Å²) in [6, 6.07) is 7.43. The number of ether oxygens (including phenoxy) is 1. The van der Waals surface area contributed by atoms with Crippen molar-refractivity contribution in [2.75, 3.05) is 45.9 Å². The first-order valence-corrected chi connectivity index (χ1v) is 7.58. The van der Waals surface area contributed by atoms with Crippen LogP contribution in [0.25, 0.3) is 0 Å². The standard InChI is InChI=1S/C16H23N3O3/c1-13-4-2-3-5-14(13)16(21)18-8-11-22-12-15(20)19-9-6-17-7-10-19/h2-5,17H,6-12H2,1H3,(H,18,21). The minimum Gasteiger partial charge on any atom is -0.370 e. The lowest BCUT2D eigenvalue weighted by molar-refractivity contribution is -0.136. The third-order valence-electron chi connectivity index (χ3n) is 3.62. The molecular weight excluding hydrogens is 282 g/mol. The first kappa shape index (κ1) is 16.5. The van der Waals surface area contributed by atoms with Gasteiger partial charge in [-0.05, 0) is 18.6 Å². The largest absolute Gasteiger partial charge is 0.370 e. The topological polar surface area (TPSA) is 70.7 Å². The maximum Gasteiger partial charge on any atom is 0.251 e. The van der Waals surface area contributed by atoms with Gasteiger partial charge in [0.05, 0.1) is 6.61 Å². The van der Waals surface area contributed by atoms with Gasteiger partial charge in [0, 0.05) is 38.3 Å². The van der Waals surface area contributed by atoms with Gasteiger partial charge >= 0.3 is 0 Å². The molecule has 0 spiro atoms. The van der Waals surface area contributed by atoms with Crippen molar-refractivity contribution >= 4 is 11.8 Å². The van der Waals surface area contributed by atoms with Crippen LogP contribution in [-0.4, -0.2) is 62.7 Å². The molecule has 1 heterocycles. The van der Waals surface area contributed by atoms with Crippen LogP contribution in [0.1, 0.15) is 15.9 Å². The van der Waals surface area contributed by atoms with E-state index in [4.69, 9.17) is 4.74 Å². The van der Waals surface area contributed by atoms with Gasteiger partial charge < -0.3 is 20.3 Å². The van der Waals surface area contributed by atoms with E-state index < -0.39 is 0 Å². The number of nitrogens with one attached hydrogen (secondary N) is 2. The summed E-state index contributed by atoms with van der Waals surface area (Å²) < 4.78 is 5.34. The molecule has 0 bridgehead atoms. The fourth-order valence-electron chi connectivity index (χ4n) is 2.32. The van der Waals surface area contributed by atoms with Crippen LogP contribution in [-0.2, 0) is 9.53 Å². The maximum absolute atomic E-state index is 12.0. The predicted octanol–water partition coefficient (Wildman–Crippen LogP) is 0.173. The van der Waals surface area contributed by atoms with Gasteiger partial charge in [-0.1, -0.05) is 18.2 Å². The van der Waals surface area contributed by atoms with Crippen molar-refractivity contribution in [3.63, 3.8) is 0 Å². The maximum atomic E-state index is 12.0. The monoisotopic (exact) mass is 305 g/mol. The van der Waals surface area contributed by atoms with Gasteiger partial charge in [-0.25, -0.2) is 0 Å². The molecule has 22 heavy (non-hydrogen) atoms. The molecule has 1 fully saturated rings. The van der Waals surface area contributed by atoms with Crippen molar-refractivity contribution in [1.29, 1.82) is 0 Å². The van der Waals surface area contributed by atoms with Crippen LogP contribution in [0, 0.1) is 6.92 Å². The van der Waals surface area contributed by atoms with E-state index in [9.17, 15) is 9.59 Å². The lowest BCUT2D eigenvalue weighted by Crippen LogP contribution is -2.47. The summed E-state index contributed by atoms with van der Waals surface area (Å²) in [5.74, 6) is -0.109. The van der Waals surface area contributed by atoms with E-state index in [1.807, 2.05) is 25.1 Å². The third kappa shape index (κ3) is 4.82. The number of hydrogen-bond donors (Lipinski definition) is 2. The molecule has 0 aliphatic carbocycles. The van der Waals surface area contributed by atoms with Gasteiger partial charge in [-0.15, -0.1) is 0 Å². The van der Waals surface area contributed by atoms with Crippen molar-refractivity contribution in [2.45, 2.75) is 6.92 Å². The summed E-state index contributed by atoms with van der Waals surface area (Å²) in [5.41, 5.74) is 1.61. The first-order chi connectivity index (χ1) is 10.7. The smallest absolute Gasteiger partial charge is 0.251 e. The fourth-order valence-corrected chi connectivity index (χ4v) is 2.32. The zero-order valence-electron chi connectivity index (χ0n) is 12.9. The first-order valence-electron chi connectivity index (χ1n) is 7.58. The lowest BCUT2D eigenvalue weighted by atomic mass is 10.1.